The first-order valence-corrected chi connectivity index (χ1v) is 14.8. The molecule has 0 bridgehead atoms. The van der Waals surface area contributed by atoms with E-state index in [-0.39, 0.29) is 32.2 Å². The van der Waals surface area contributed by atoms with Crippen LogP contribution in [-0.2, 0) is 10.0 Å². The molecule has 0 radical (unpaired) electrons. The van der Waals surface area contributed by atoms with Crippen molar-refractivity contribution in [3.8, 4) is 0 Å². The molecule has 0 saturated heterocycles. The Morgan fingerprint density at radius 1 is 1.05 bits per heavy atom. The number of halogens is 5. The Bertz CT molecular complexity index is 1750. The van der Waals surface area contributed by atoms with Gasteiger partial charge in [0, 0.05) is 22.3 Å². The van der Waals surface area contributed by atoms with Crippen LogP contribution >= 0.6 is 39.1 Å². The molecule has 1 saturated carbocycles. The Kier molecular flexibility index (Phi) is 7.53. The van der Waals surface area contributed by atoms with Gasteiger partial charge in [-0.1, -0.05) is 42.1 Å². The minimum atomic E-state index is -3.96. The number of carbonyl (C=O) groups is 2. The van der Waals surface area contributed by atoms with Gasteiger partial charge in [0.05, 0.1) is 37.7 Å². The molecule has 2 aromatic heterocycles. The summed E-state index contributed by atoms with van der Waals surface area (Å²) in [5, 5.41) is -0.482. The van der Waals surface area contributed by atoms with Crippen LogP contribution in [0.4, 0.5) is 14.5 Å². The van der Waals surface area contributed by atoms with Crippen LogP contribution in [0.1, 0.15) is 52.0 Å². The van der Waals surface area contributed by atoms with Gasteiger partial charge in [-0.25, -0.2) is 22.2 Å². The van der Waals surface area contributed by atoms with E-state index in [1.54, 1.807) is 6.07 Å². The van der Waals surface area contributed by atoms with Gasteiger partial charge < -0.3 is 0 Å². The molecule has 0 aliphatic heterocycles. The third kappa shape index (κ3) is 5.08. The monoisotopic (exact) mass is 655 g/mol. The quantitative estimate of drug-likeness (QED) is 0.226. The number of hydrogen-bond acceptors (Lipinski definition) is 5. The summed E-state index contributed by atoms with van der Waals surface area (Å²) in [6.07, 6.45) is 4.79. The average Bonchev–Trinajstić information content (AvgIpc) is 3.55. The molecule has 0 amide bonds. The van der Waals surface area contributed by atoms with Crippen LogP contribution in [0.15, 0.2) is 53.3 Å². The maximum atomic E-state index is 15.6. The van der Waals surface area contributed by atoms with Crippen molar-refractivity contribution in [2.45, 2.75) is 30.9 Å². The van der Waals surface area contributed by atoms with Crippen LogP contribution in [0.25, 0.3) is 11.0 Å². The molecule has 2 aromatic carbocycles. The fourth-order valence-corrected chi connectivity index (χ4v) is 7.12. The number of benzene rings is 2. The van der Waals surface area contributed by atoms with Crippen LogP contribution in [-0.4, -0.2) is 34.9 Å². The highest BCUT2D eigenvalue weighted by atomic mass is 79.9. The Hall–Kier alpha value is -2.86. The molecule has 4 aromatic rings. The van der Waals surface area contributed by atoms with Gasteiger partial charge >= 0.3 is 0 Å². The van der Waals surface area contributed by atoms with Crippen LogP contribution in [0, 0.1) is 11.6 Å². The highest BCUT2D eigenvalue weighted by molar-refractivity contribution is 9.10. The Labute approximate surface area is 240 Å². The molecule has 39 heavy (non-hydrogen) atoms. The maximum Gasteiger partial charge on any atom is 0.266 e. The van der Waals surface area contributed by atoms with Gasteiger partial charge in [0.15, 0.2) is 5.82 Å². The molecule has 0 atom stereocenters. The Balaban J connectivity index is 1.62. The van der Waals surface area contributed by atoms with Gasteiger partial charge in [0.25, 0.3) is 5.91 Å². The predicted molar refractivity (Wildman–Crippen MR) is 148 cm³/mol. The largest absolute Gasteiger partial charge is 0.288 e. The summed E-state index contributed by atoms with van der Waals surface area (Å²) >= 11 is 15.7. The van der Waals surface area contributed by atoms with Crippen LogP contribution < -0.4 is 4.72 Å². The second kappa shape index (κ2) is 10.6. The number of rotatable bonds is 6. The number of sulfonamides is 1. The molecule has 5 rings (SSSR count). The highest BCUT2D eigenvalue weighted by Crippen LogP contribution is 2.33. The molecular formula is C26H18BrCl2F2N3O4S. The van der Waals surface area contributed by atoms with E-state index in [4.69, 9.17) is 23.2 Å². The highest BCUT2D eigenvalue weighted by Gasteiger charge is 2.32. The molecule has 0 spiro atoms. The van der Waals surface area contributed by atoms with Crippen molar-refractivity contribution >= 4 is 77.6 Å². The predicted octanol–water partition coefficient (Wildman–Crippen LogP) is 6.99. The molecule has 1 fully saturated rings. The molecule has 202 valence electrons. The molecule has 13 heteroatoms. The van der Waals surface area contributed by atoms with E-state index >= 15 is 4.39 Å². The SMILES string of the molecule is O=C(c1c(F)ccc(NS(=O)(=O)C2CCCC2)c1F)c1cn(C(=O)c2c(Cl)cccc2Cl)c2ncc(Br)cc12. The second-order valence-corrected chi connectivity index (χ2v) is 12.7. The van der Waals surface area contributed by atoms with E-state index in [0.29, 0.717) is 17.3 Å². The summed E-state index contributed by atoms with van der Waals surface area (Å²) in [7, 11) is -3.96. The molecule has 1 aliphatic carbocycles. The van der Waals surface area contributed by atoms with Crippen molar-refractivity contribution in [2.75, 3.05) is 4.72 Å². The zero-order valence-corrected chi connectivity index (χ0v) is 23.8. The number of pyridine rings is 1. The Morgan fingerprint density at radius 2 is 1.72 bits per heavy atom. The third-order valence-electron chi connectivity index (χ3n) is 6.56. The van der Waals surface area contributed by atoms with Crippen molar-refractivity contribution in [3.63, 3.8) is 0 Å². The summed E-state index contributed by atoms with van der Waals surface area (Å²) in [6, 6.07) is 7.69. The topological polar surface area (TPSA) is 98.1 Å². The van der Waals surface area contributed by atoms with Gasteiger partial charge in [-0.05, 0) is 59.1 Å². The van der Waals surface area contributed by atoms with Crippen molar-refractivity contribution in [1.82, 2.24) is 9.55 Å². The number of carbonyl (C=O) groups excluding carboxylic acids is 2. The van der Waals surface area contributed by atoms with E-state index in [1.165, 1.54) is 24.4 Å². The zero-order chi connectivity index (χ0) is 28.1. The molecular weight excluding hydrogens is 639 g/mol. The van der Waals surface area contributed by atoms with Crippen molar-refractivity contribution in [1.29, 1.82) is 0 Å². The number of anilines is 1. The lowest BCUT2D eigenvalue weighted by Gasteiger charge is -2.15. The smallest absolute Gasteiger partial charge is 0.266 e. The molecule has 1 aliphatic rings. The number of nitrogens with one attached hydrogen (secondary N) is 1. The summed E-state index contributed by atoms with van der Waals surface area (Å²) < 4.78 is 59.6. The number of fused-ring (bicyclic) bond motifs is 1. The third-order valence-corrected chi connectivity index (χ3v) is 9.48. The van der Waals surface area contributed by atoms with Crippen molar-refractivity contribution in [2.24, 2.45) is 0 Å². The van der Waals surface area contributed by atoms with Gasteiger partial charge in [0.1, 0.15) is 11.5 Å². The minimum absolute atomic E-state index is 0.0152. The van der Waals surface area contributed by atoms with E-state index in [0.717, 1.165) is 35.7 Å². The van der Waals surface area contributed by atoms with E-state index in [1.807, 2.05) is 0 Å². The van der Waals surface area contributed by atoms with Gasteiger partial charge in [-0.3, -0.25) is 18.9 Å². The standard InChI is InChI=1S/C26H18BrCl2F2N3O4S/c27-13-10-15-16(12-34(25(15)32-11-13)26(36)21-17(28)6-3-7-18(21)29)24(35)22-19(30)8-9-20(23(22)31)33-39(37,38)14-4-1-2-5-14/h3,6-12,14,33H,1-2,4-5H2. The number of nitrogens with zero attached hydrogens (tertiary/aromatic N) is 2. The fourth-order valence-electron chi connectivity index (χ4n) is 4.65. The van der Waals surface area contributed by atoms with E-state index in [9.17, 15) is 22.4 Å². The Morgan fingerprint density at radius 3 is 2.38 bits per heavy atom. The second-order valence-electron chi connectivity index (χ2n) is 9.01. The molecule has 7 nitrogen and oxygen atoms in total. The summed E-state index contributed by atoms with van der Waals surface area (Å²) in [5.41, 5.74) is -1.81. The maximum absolute atomic E-state index is 15.6. The number of ketones is 1. The van der Waals surface area contributed by atoms with Crippen molar-refractivity contribution < 1.29 is 26.8 Å². The van der Waals surface area contributed by atoms with E-state index in [2.05, 4.69) is 25.6 Å². The number of hydrogen-bond donors (Lipinski definition) is 1. The minimum Gasteiger partial charge on any atom is -0.288 e. The summed E-state index contributed by atoms with van der Waals surface area (Å²) in [4.78, 5) is 31.3. The molecule has 1 N–H and O–H groups in total. The lowest BCUT2D eigenvalue weighted by Crippen LogP contribution is -2.26. The number of aromatic nitrogens is 2. The molecule has 0 unspecified atom stereocenters. The summed E-state index contributed by atoms with van der Waals surface area (Å²) in [6.45, 7) is 0. The normalized spacial score (nSPS) is 14.2. The lowest BCUT2D eigenvalue weighted by molar-refractivity contribution is 0.0964. The first-order valence-electron chi connectivity index (χ1n) is 11.7. The van der Waals surface area contributed by atoms with Crippen LogP contribution in [0.5, 0.6) is 0 Å². The summed E-state index contributed by atoms with van der Waals surface area (Å²) in [5.74, 6) is -4.41. The van der Waals surface area contributed by atoms with Gasteiger partial charge in [0.2, 0.25) is 15.8 Å². The van der Waals surface area contributed by atoms with Crippen molar-refractivity contribution in [3.05, 3.63) is 91.6 Å². The van der Waals surface area contributed by atoms with Crippen LogP contribution in [0.3, 0.4) is 0 Å². The average molecular weight is 657 g/mol. The van der Waals surface area contributed by atoms with Gasteiger partial charge in [-0.2, -0.15) is 0 Å². The van der Waals surface area contributed by atoms with Gasteiger partial charge in [-0.15, -0.1) is 0 Å². The fraction of sp³-hybridized carbons (Fsp3) is 0.192. The lowest BCUT2D eigenvalue weighted by atomic mass is 10.0. The first kappa shape index (κ1) is 27.7. The van der Waals surface area contributed by atoms with Crippen LogP contribution in [0.2, 0.25) is 10.0 Å². The first-order chi connectivity index (χ1) is 18.5. The molecule has 2 heterocycles. The zero-order valence-electron chi connectivity index (χ0n) is 19.9. The van der Waals surface area contributed by atoms with E-state index < -0.39 is 49.8 Å².